The summed E-state index contributed by atoms with van der Waals surface area (Å²) in [6, 6.07) is 13.7. The van der Waals surface area contributed by atoms with E-state index in [4.69, 9.17) is 27.6 Å². The molecule has 4 rings (SSSR count). The molecule has 0 atom stereocenters. The predicted octanol–water partition coefficient (Wildman–Crippen LogP) is 8.29. The molecule has 3 aromatic rings. The molecular weight excluding hydrogens is 508 g/mol. The van der Waals surface area contributed by atoms with Gasteiger partial charge in [-0.3, -0.25) is 9.69 Å². The molecule has 176 valence electrons. The number of amidine groups is 1. The molecule has 10 heteroatoms. The first-order valence-corrected chi connectivity index (χ1v) is 11.8. The maximum Gasteiger partial charge on any atom is 0.417 e. The van der Waals surface area contributed by atoms with E-state index in [1.165, 1.54) is 23.9 Å². The number of hydrogen-bond acceptors (Lipinski definition) is 4. The summed E-state index contributed by atoms with van der Waals surface area (Å²) in [6.07, 6.45) is -2.29. The molecule has 1 aliphatic rings. The Labute approximate surface area is 208 Å². The monoisotopic (exact) mass is 524 g/mol. The number of carbonyl (C=O) groups excluding carboxylic acids is 1. The Kier molecular flexibility index (Phi) is 7.12. The molecule has 0 unspecified atom stereocenters. The van der Waals surface area contributed by atoms with Crippen molar-refractivity contribution in [3.8, 4) is 11.3 Å². The Morgan fingerprint density at radius 1 is 1.09 bits per heavy atom. The maximum atomic E-state index is 13.2. The van der Waals surface area contributed by atoms with Crippen LogP contribution in [0.1, 0.15) is 24.7 Å². The normalized spacial score (nSPS) is 16.8. The van der Waals surface area contributed by atoms with Crippen molar-refractivity contribution < 1.29 is 22.4 Å². The van der Waals surface area contributed by atoms with Gasteiger partial charge in [0.15, 0.2) is 5.17 Å². The van der Waals surface area contributed by atoms with Gasteiger partial charge in [0.25, 0.3) is 5.91 Å². The predicted molar refractivity (Wildman–Crippen MR) is 130 cm³/mol. The number of thioether (sulfide) groups is 1. The average molecular weight is 525 g/mol. The minimum absolute atomic E-state index is 0.219. The second-order valence-electron chi connectivity index (χ2n) is 7.33. The van der Waals surface area contributed by atoms with Crippen molar-refractivity contribution in [2.24, 2.45) is 4.99 Å². The van der Waals surface area contributed by atoms with Gasteiger partial charge in [-0.25, -0.2) is 4.99 Å². The molecular formula is C24H17Cl2F3N2O2S. The molecule has 1 aromatic heterocycles. The van der Waals surface area contributed by atoms with Crippen LogP contribution < -0.4 is 0 Å². The van der Waals surface area contributed by atoms with E-state index in [1.807, 2.05) is 6.92 Å². The van der Waals surface area contributed by atoms with Crippen molar-refractivity contribution >= 4 is 57.8 Å². The van der Waals surface area contributed by atoms with Crippen LogP contribution in [-0.4, -0.2) is 22.5 Å². The first-order chi connectivity index (χ1) is 16.2. The lowest BCUT2D eigenvalue weighted by atomic mass is 10.1. The van der Waals surface area contributed by atoms with Crippen molar-refractivity contribution in [3.63, 3.8) is 0 Å². The highest BCUT2D eigenvalue weighted by Gasteiger charge is 2.34. The van der Waals surface area contributed by atoms with Crippen LogP contribution in [0.25, 0.3) is 17.4 Å². The Bertz CT molecular complexity index is 1280. The molecule has 0 spiro atoms. The summed E-state index contributed by atoms with van der Waals surface area (Å²) in [5, 5.41) is 0.725. The van der Waals surface area contributed by atoms with Gasteiger partial charge in [-0.2, -0.15) is 13.2 Å². The van der Waals surface area contributed by atoms with E-state index in [9.17, 15) is 18.0 Å². The number of halogens is 5. The van der Waals surface area contributed by atoms with E-state index in [2.05, 4.69) is 4.99 Å². The molecule has 0 radical (unpaired) electrons. The number of aliphatic imine (C=N–C) groups is 1. The SMILES string of the molecule is CCCN1C(=O)/C(=C/c2ccc(-c3ccc(Cl)c(C(F)(F)F)c3)o2)SC1=Nc1ccc(Cl)cc1. The van der Waals surface area contributed by atoms with Crippen LogP contribution >= 0.6 is 35.0 Å². The first kappa shape index (κ1) is 24.4. The summed E-state index contributed by atoms with van der Waals surface area (Å²) in [7, 11) is 0. The molecule has 0 N–H and O–H groups in total. The van der Waals surface area contributed by atoms with Gasteiger partial charge in [-0.15, -0.1) is 0 Å². The lowest BCUT2D eigenvalue weighted by Gasteiger charge is -2.13. The molecule has 34 heavy (non-hydrogen) atoms. The minimum Gasteiger partial charge on any atom is -0.457 e. The van der Waals surface area contributed by atoms with Gasteiger partial charge >= 0.3 is 6.18 Å². The number of rotatable bonds is 5. The highest BCUT2D eigenvalue weighted by molar-refractivity contribution is 8.18. The van der Waals surface area contributed by atoms with Gasteiger partial charge in [0.2, 0.25) is 0 Å². The van der Waals surface area contributed by atoms with E-state index >= 15 is 0 Å². The molecule has 2 aromatic carbocycles. The zero-order chi connectivity index (χ0) is 24.5. The van der Waals surface area contributed by atoms with Crippen molar-refractivity contribution in [2.75, 3.05) is 6.54 Å². The lowest BCUT2D eigenvalue weighted by molar-refractivity contribution is -0.137. The summed E-state index contributed by atoms with van der Waals surface area (Å²) < 4.78 is 45.3. The second kappa shape index (κ2) is 9.90. The molecule has 1 aliphatic heterocycles. The van der Waals surface area contributed by atoms with Gasteiger partial charge in [0, 0.05) is 23.2 Å². The Morgan fingerprint density at radius 3 is 2.50 bits per heavy atom. The van der Waals surface area contributed by atoms with Gasteiger partial charge in [-0.1, -0.05) is 30.1 Å². The minimum atomic E-state index is -4.58. The van der Waals surface area contributed by atoms with Crippen LogP contribution in [0.5, 0.6) is 0 Å². The largest absolute Gasteiger partial charge is 0.457 e. The van der Waals surface area contributed by atoms with Crippen molar-refractivity contribution in [3.05, 3.63) is 80.9 Å². The topological polar surface area (TPSA) is 45.8 Å². The third-order valence-electron chi connectivity index (χ3n) is 4.84. The average Bonchev–Trinajstić information content (AvgIpc) is 3.36. The third-order valence-corrected chi connectivity index (χ3v) is 6.43. The molecule has 1 saturated heterocycles. The number of amides is 1. The van der Waals surface area contributed by atoms with Gasteiger partial charge < -0.3 is 4.42 Å². The number of carbonyl (C=O) groups is 1. The number of nitrogens with zero attached hydrogens (tertiary/aromatic N) is 2. The summed E-state index contributed by atoms with van der Waals surface area (Å²) in [6.45, 7) is 2.45. The van der Waals surface area contributed by atoms with Crippen LogP contribution in [0.3, 0.4) is 0 Å². The zero-order valence-electron chi connectivity index (χ0n) is 17.7. The fourth-order valence-electron chi connectivity index (χ4n) is 3.25. The van der Waals surface area contributed by atoms with E-state index in [0.717, 1.165) is 12.5 Å². The van der Waals surface area contributed by atoms with Gasteiger partial charge in [0.05, 0.1) is 21.2 Å². The second-order valence-corrected chi connectivity index (χ2v) is 9.19. The van der Waals surface area contributed by atoms with Crippen LogP contribution in [0.2, 0.25) is 10.0 Å². The summed E-state index contributed by atoms with van der Waals surface area (Å²) in [4.78, 5) is 19.5. The number of furan rings is 1. The molecule has 0 bridgehead atoms. The van der Waals surface area contributed by atoms with E-state index in [1.54, 1.807) is 47.4 Å². The summed E-state index contributed by atoms with van der Waals surface area (Å²) >= 11 is 12.8. The number of hydrogen-bond donors (Lipinski definition) is 0. The molecule has 1 amide bonds. The molecule has 0 saturated carbocycles. The molecule has 1 fully saturated rings. The molecule has 2 heterocycles. The maximum absolute atomic E-state index is 13.2. The Balaban J connectivity index is 1.62. The van der Waals surface area contributed by atoms with E-state index < -0.39 is 11.7 Å². The van der Waals surface area contributed by atoms with Crippen molar-refractivity contribution in [1.82, 2.24) is 4.90 Å². The summed E-state index contributed by atoms with van der Waals surface area (Å²) in [5.41, 5.74) is -0.0577. The van der Waals surface area contributed by atoms with Gasteiger partial charge in [0.1, 0.15) is 11.5 Å². The standard InChI is InChI=1S/C24H17Cl2F3N2O2S/c1-2-11-31-22(32)21(34-23(31)30-16-6-4-15(25)5-7-16)13-17-8-10-20(33-17)14-3-9-19(26)18(12-14)24(27,28)29/h3-10,12-13H,2,11H2,1H3/b21-13-,30-23?. The van der Waals surface area contributed by atoms with Crippen LogP contribution in [-0.2, 0) is 11.0 Å². The van der Waals surface area contributed by atoms with Crippen LogP contribution in [0.4, 0.5) is 18.9 Å². The molecule has 0 aliphatic carbocycles. The number of benzene rings is 2. The van der Waals surface area contributed by atoms with Crippen LogP contribution in [0, 0.1) is 0 Å². The van der Waals surface area contributed by atoms with Crippen molar-refractivity contribution in [2.45, 2.75) is 19.5 Å². The third kappa shape index (κ3) is 5.35. The van der Waals surface area contributed by atoms with Crippen LogP contribution in [0.15, 0.2) is 68.9 Å². The Morgan fingerprint density at radius 2 is 1.82 bits per heavy atom. The fourth-order valence-corrected chi connectivity index (χ4v) is 4.60. The fraction of sp³-hybridized carbons (Fsp3) is 0.167. The highest BCUT2D eigenvalue weighted by atomic mass is 35.5. The number of alkyl halides is 3. The highest BCUT2D eigenvalue weighted by Crippen LogP contribution is 2.38. The van der Waals surface area contributed by atoms with E-state index in [-0.39, 0.29) is 22.3 Å². The quantitative estimate of drug-likeness (QED) is 0.315. The first-order valence-electron chi connectivity index (χ1n) is 10.2. The molecule has 4 nitrogen and oxygen atoms in total. The smallest absolute Gasteiger partial charge is 0.417 e. The van der Waals surface area contributed by atoms with E-state index in [0.29, 0.717) is 33.1 Å². The van der Waals surface area contributed by atoms with Gasteiger partial charge in [-0.05, 0) is 72.8 Å². The summed E-state index contributed by atoms with van der Waals surface area (Å²) in [5.74, 6) is 0.340. The Hall–Kier alpha value is -2.68. The zero-order valence-corrected chi connectivity index (χ0v) is 20.0. The lowest BCUT2D eigenvalue weighted by Crippen LogP contribution is -2.29. The van der Waals surface area contributed by atoms with Crippen molar-refractivity contribution in [1.29, 1.82) is 0 Å².